The molecule has 3 rings (SSSR count). The SMILES string of the molecule is O=C(CN1CCC(CNC(=O)c2cc(CF)cc(C(F)(F)F)c2)CC1)NC1CC1. The van der Waals surface area contributed by atoms with Crippen molar-refractivity contribution in [2.75, 3.05) is 26.2 Å². The average Bonchev–Trinajstić information content (AvgIpc) is 3.49. The van der Waals surface area contributed by atoms with Crippen molar-refractivity contribution in [3.8, 4) is 0 Å². The number of likely N-dealkylation sites (tertiary alicyclic amines) is 1. The first-order valence-electron chi connectivity index (χ1n) is 9.81. The molecule has 29 heavy (non-hydrogen) atoms. The van der Waals surface area contributed by atoms with Gasteiger partial charge in [-0.2, -0.15) is 13.2 Å². The van der Waals surface area contributed by atoms with E-state index < -0.39 is 24.3 Å². The molecule has 1 aliphatic carbocycles. The smallest absolute Gasteiger partial charge is 0.352 e. The summed E-state index contributed by atoms with van der Waals surface area (Å²) < 4.78 is 51.7. The second-order valence-corrected chi connectivity index (χ2v) is 7.82. The van der Waals surface area contributed by atoms with Crippen molar-refractivity contribution in [1.82, 2.24) is 15.5 Å². The van der Waals surface area contributed by atoms with Gasteiger partial charge in [-0.15, -0.1) is 0 Å². The first-order valence-corrected chi connectivity index (χ1v) is 9.81. The van der Waals surface area contributed by atoms with Crippen LogP contribution in [0, 0.1) is 5.92 Å². The Balaban J connectivity index is 1.47. The van der Waals surface area contributed by atoms with Crippen LogP contribution in [0.3, 0.4) is 0 Å². The average molecular weight is 415 g/mol. The van der Waals surface area contributed by atoms with E-state index in [2.05, 4.69) is 15.5 Å². The molecule has 0 spiro atoms. The van der Waals surface area contributed by atoms with Crippen LogP contribution in [0.1, 0.15) is 47.2 Å². The van der Waals surface area contributed by atoms with Crippen molar-refractivity contribution in [2.24, 2.45) is 5.92 Å². The molecule has 1 heterocycles. The van der Waals surface area contributed by atoms with Crippen molar-refractivity contribution in [3.63, 3.8) is 0 Å². The molecular formula is C20H25F4N3O2. The van der Waals surface area contributed by atoms with Crippen LogP contribution in [-0.4, -0.2) is 48.9 Å². The summed E-state index contributed by atoms with van der Waals surface area (Å²) in [6.45, 7) is 1.09. The lowest BCUT2D eigenvalue weighted by atomic mass is 9.96. The summed E-state index contributed by atoms with van der Waals surface area (Å²) in [5, 5.41) is 5.61. The molecule has 1 saturated carbocycles. The fourth-order valence-electron chi connectivity index (χ4n) is 3.46. The van der Waals surface area contributed by atoms with E-state index in [1.165, 1.54) is 0 Å². The predicted molar refractivity (Wildman–Crippen MR) is 98.9 cm³/mol. The van der Waals surface area contributed by atoms with E-state index in [0.717, 1.165) is 50.9 Å². The number of halogens is 4. The summed E-state index contributed by atoms with van der Waals surface area (Å²) in [4.78, 5) is 26.2. The van der Waals surface area contributed by atoms with E-state index in [4.69, 9.17) is 0 Å². The minimum Gasteiger partial charge on any atom is -0.352 e. The zero-order valence-corrected chi connectivity index (χ0v) is 16.0. The largest absolute Gasteiger partial charge is 0.416 e. The van der Waals surface area contributed by atoms with Crippen LogP contribution >= 0.6 is 0 Å². The third-order valence-electron chi connectivity index (χ3n) is 5.30. The normalized spacial score (nSPS) is 18.5. The number of benzene rings is 1. The van der Waals surface area contributed by atoms with Crippen LogP contribution in [0.4, 0.5) is 17.6 Å². The molecule has 9 heteroatoms. The first kappa shape index (κ1) is 21.5. The first-order chi connectivity index (χ1) is 13.7. The third kappa shape index (κ3) is 6.42. The number of hydrogen-bond donors (Lipinski definition) is 2. The fourth-order valence-corrected chi connectivity index (χ4v) is 3.46. The van der Waals surface area contributed by atoms with Crippen molar-refractivity contribution >= 4 is 11.8 Å². The molecule has 0 bridgehead atoms. The zero-order chi connectivity index (χ0) is 21.0. The summed E-state index contributed by atoms with van der Waals surface area (Å²) in [6, 6.07) is 2.94. The topological polar surface area (TPSA) is 61.4 Å². The van der Waals surface area contributed by atoms with E-state index in [9.17, 15) is 27.2 Å². The lowest BCUT2D eigenvalue weighted by Crippen LogP contribution is -2.43. The monoisotopic (exact) mass is 415 g/mol. The molecule has 2 N–H and O–H groups in total. The van der Waals surface area contributed by atoms with Gasteiger partial charge in [0.1, 0.15) is 6.67 Å². The molecule has 2 amide bonds. The maximum atomic E-state index is 12.9. The maximum Gasteiger partial charge on any atom is 0.416 e. The lowest BCUT2D eigenvalue weighted by Gasteiger charge is -2.31. The van der Waals surface area contributed by atoms with Crippen LogP contribution in [0.2, 0.25) is 0 Å². The molecule has 1 saturated heterocycles. The second kappa shape index (κ2) is 9.11. The number of carbonyl (C=O) groups is 2. The number of nitrogens with zero attached hydrogens (tertiary/aromatic N) is 1. The van der Waals surface area contributed by atoms with Crippen LogP contribution in [0.25, 0.3) is 0 Å². The van der Waals surface area contributed by atoms with Gasteiger partial charge in [0.25, 0.3) is 5.91 Å². The Bertz CT molecular complexity index is 742. The van der Waals surface area contributed by atoms with Crippen molar-refractivity contribution in [2.45, 2.75) is 44.6 Å². The summed E-state index contributed by atoms with van der Waals surface area (Å²) in [6.07, 6.45) is -0.970. The number of hydrogen-bond acceptors (Lipinski definition) is 3. The molecule has 2 aliphatic rings. The van der Waals surface area contributed by atoms with Crippen molar-refractivity contribution in [3.05, 3.63) is 34.9 Å². The molecule has 2 fully saturated rings. The quantitative estimate of drug-likeness (QED) is 0.674. The van der Waals surface area contributed by atoms with Gasteiger partial charge in [-0.3, -0.25) is 14.5 Å². The highest BCUT2D eigenvalue weighted by Crippen LogP contribution is 2.31. The zero-order valence-electron chi connectivity index (χ0n) is 16.0. The number of alkyl halides is 4. The van der Waals surface area contributed by atoms with Crippen LogP contribution in [0.15, 0.2) is 18.2 Å². The molecule has 5 nitrogen and oxygen atoms in total. The van der Waals surface area contributed by atoms with Gasteiger partial charge in [0.05, 0.1) is 12.1 Å². The Morgan fingerprint density at radius 1 is 1.07 bits per heavy atom. The highest BCUT2D eigenvalue weighted by Gasteiger charge is 2.32. The number of carbonyl (C=O) groups excluding carboxylic acids is 2. The van der Waals surface area contributed by atoms with Gasteiger partial charge in [0.15, 0.2) is 0 Å². The summed E-state index contributed by atoms with van der Waals surface area (Å²) in [7, 11) is 0. The molecule has 0 radical (unpaired) electrons. The molecule has 0 unspecified atom stereocenters. The summed E-state index contributed by atoms with van der Waals surface area (Å²) >= 11 is 0. The van der Waals surface area contributed by atoms with E-state index in [1.807, 2.05) is 0 Å². The molecular weight excluding hydrogens is 390 g/mol. The highest BCUT2D eigenvalue weighted by molar-refractivity contribution is 5.94. The van der Waals surface area contributed by atoms with Crippen molar-refractivity contribution in [1.29, 1.82) is 0 Å². The predicted octanol–water partition coefficient (Wildman–Crippen LogP) is 2.90. The molecule has 1 aliphatic heterocycles. The highest BCUT2D eigenvalue weighted by atomic mass is 19.4. The number of rotatable bonds is 7. The van der Waals surface area contributed by atoms with E-state index >= 15 is 0 Å². The standard InChI is InChI=1S/C20H25F4N3O2/c21-10-14-7-15(9-16(8-14)20(22,23)24)19(29)25-11-13-3-5-27(6-4-13)12-18(28)26-17-1-2-17/h7-9,13,17H,1-6,10-12H2,(H,25,29)(H,26,28). The van der Waals surface area contributed by atoms with Gasteiger partial charge < -0.3 is 10.6 Å². The third-order valence-corrected chi connectivity index (χ3v) is 5.30. The Morgan fingerprint density at radius 2 is 1.76 bits per heavy atom. The molecule has 1 aromatic carbocycles. The lowest BCUT2D eigenvalue weighted by molar-refractivity contribution is -0.137. The number of piperidine rings is 1. The van der Waals surface area contributed by atoms with E-state index in [1.54, 1.807) is 0 Å². The van der Waals surface area contributed by atoms with Gasteiger partial charge in [-0.05, 0) is 68.5 Å². The Hall–Kier alpha value is -2.16. The second-order valence-electron chi connectivity index (χ2n) is 7.82. The Kier molecular flexibility index (Phi) is 6.77. The van der Waals surface area contributed by atoms with Crippen LogP contribution in [0.5, 0.6) is 0 Å². The molecule has 0 aromatic heterocycles. The summed E-state index contributed by atoms with van der Waals surface area (Å²) in [5.74, 6) is -0.419. The van der Waals surface area contributed by atoms with Gasteiger partial charge in [0.2, 0.25) is 5.91 Å². The number of nitrogens with one attached hydrogen (secondary N) is 2. The van der Waals surface area contributed by atoms with E-state index in [0.29, 0.717) is 25.2 Å². The maximum absolute atomic E-state index is 12.9. The van der Waals surface area contributed by atoms with E-state index in [-0.39, 0.29) is 23.0 Å². The molecule has 0 atom stereocenters. The molecule has 160 valence electrons. The minimum absolute atomic E-state index is 0.0347. The fraction of sp³-hybridized carbons (Fsp3) is 0.600. The van der Waals surface area contributed by atoms with Gasteiger partial charge in [0, 0.05) is 18.2 Å². The van der Waals surface area contributed by atoms with Gasteiger partial charge in [-0.1, -0.05) is 0 Å². The Labute approximate surface area is 166 Å². The summed E-state index contributed by atoms with van der Waals surface area (Å²) in [5.41, 5.74) is -1.40. The molecule has 1 aromatic rings. The number of amides is 2. The van der Waals surface area contributed by atoms with Crippen LogP contribution in [-0.2, 0) is 17.6 Å². The minimum atomic E-state index is -4.64. The van der Waals surface area contributed by atoms with Gasteiger partial charge in [-0.25, -0.2) is 4.39 Å². The Morgan fingerprint density at radius 3 is 2.34 bits per heavy atom. The van der Waals surface area contributed by atoms with Crippen molar-refractivity contribution < 1.29 is 27.2 Å². The van der Waals surface area contributed by atoms with Crippen LogP contribution < -0.4 is 10.6 Å². The van der Waals surface area contributed by atoms with Gasteiger partial charge >= 0.3 is 6.18 Å².